The van der Waals surface area contributed by atoms with Gasteiger partial charge in [-0.2, -0.15) is 0 Å². The van der Waals surface area contributed by atoms with Gasteiger partial charge < -0.3 is 28.5 Å². The molecule has 1 N–H and O–H groups in total. The lowest BCUT2D eigenvalue weighted by atomic mass is 10.0. The van der Waals surface area contributed by atoms with Gasteiger partial charge in [0.05, 0.1) is 33.8 Å². The summed E-state index contributed by atoms with van der Waals surface area (Å²) in [6.45, 7) is 6.87. The van der Waals surface area contributed by atoms with E-state index in [-0.39, 0.29) is 31.5 Å². The highest BCUT2D eigenvalue weighted by Gasteiger charge is 2.27. The van der Waals surface area contributed by atoms with Crippen LogP contribution < -0.4 is 10.2 Å². The van der Waals surface area contributed by atoms with Crippen molar-refractivity contribution in [3.63, 3.8) is 0 Å². The fraction of sp³-hybridized carbons (Fsp3) is 0.831. The Kier molecular flexibility index (Phi) is 70.2. The van der Waals surface area contributed by atoms with Crippen molar-refractivity contribution in [2.75, 3.05) is 40.9 Å². The molecule has 0 fully saturated rings. The predicted octanol–water partition coefficient (Wildman–Crippen LogP) is 25.6. The summed E-state index contributed by atoms with van der Waals surface area (Å²) in [6.07, 6.45) is 96.2. The molecule has 3 atom stereocenters. The van der Waals surface area contributed by atoms with E-state index in [1.165, 1.54) is 283 Å². The Labute approximate surface area is 578 Å². The monoisotopic (exact) mass is 1320 g/mol. The maximum absolute atomic E-state index is 13.7. The summed E-state index contributed by atoms with van der Waals surface area (Å²) in [6, 6.07) is -0.892. The molecule has 0 bridgehead atoms. The Morgan fingerprint density at radius 3 is 1.01 bits per heavy atom. The summed E-state index contributed by atoms with van der Waals surface area (Å²) in [5.41, 5.74) is 0. The van der Waals surface area contributed by atoms with Crippen LogP contribution in [-0.2, 0) is 27.9 Å². The zero-order valence-corrected chi connectivity index (χ0v) is 63.4. The Balaban J connectivity index is 4.95. The molecule has 0 rings (SSSR count). The molecule has 10 heteroatoms. The van der Waals surface area contributed by atoms with E-state index < -0.39 is 20.0 Å². The molecular formula is C83H155N2O7P. The van der Waals surface area contributed by atoms with Crippen LogP contribution in [0.4, 0.5) is 0 Å². The molecule has 544 valence electrons. The molecule has 93 heavy (non-hydrogen) atoms. The number of carbonyl (C=O) groups is 2. The Hall–Kier alpha value is -2.55. The number of quaternary nitrogens is 1. The second-order valence-corrected chi connectivity index (χ2v) is 30.0. The predicted molar refractivity (Wildman–Crippen MR) is 404 cm³/mol. The number of amides is 1. The molecule has 0 aromatic rings. The van der Waals surface area contributed by atoms with Crippen molar-refractivity contribution in [1.82, 2.24) is 5.32 Å². The number of allylic oxidation sites excluding steroid dienone is 11. The van der Waals surface area contributed by atoms with E-state index in [2.05, 4.69) is 86.8 Å². The average Bonchev–Trinajstić information content (AvgIpc) is 2.15. The van der Waals surface area contributed by atoms with Crippen molar-refractivity contribution in [2.45, 2.75) is 405 Å². The zero-order chi connectivity index (χ0) is 67.8. The number of carbonyl (C=O) groups excluding carboxylic acids is 2. The number of unbranched alkanes of at least 4 members (excludes halogenated alkanes) is 48. The van der Waals surface area contributed by atoms with Gasteiger partial charge in [0.1, 0.15) is 19.3 Å². The highest BCUT2D eigenvalue weighted by atomic mass is 31.2. The smallest absolute Gasteiger partial charge is 0.306 e. The minimum atomic E-state index is -4.71. The lowest BCUT2D eigenvalue weighted by molar-refractivity contribution is -0.870. The molecule has 0 aromatic heterocycles. The van der Waals surface area contributed by atoms with E-state index in [9.17, 15) is 19.0 Å². The third kappa shape index (κ3) is 73.5. The van der Waals surface area contributed by atoms with Crippen LogP contribution in [-0.4, -0.2) is 69.4 Å². The van der Waals surface area contributed by atoms with Gasteiger partial charge in [0.2, 0.25) is 5.91 Å². The lowest BCUT2D eigenvalue weighted by Crippen LogP contribution is -2.47. The van der Waals surface area contributed by atoms with Crippen LogP contribution in [0, 0.1) is 0 Å². The second-order valence-electron chi connectivity index (χ2n) is 28.6. The van der Waals surface area contributed by atoms with E-state index >= 15 is 0 Å². The van der Waals surface area contributed by atoms with Gasteiger partial charge in [0.25, 0.3) is 7.82 Å². The van der Waals surface area contributed by atoms with Crippen molar-refractivity contribution in [1.29, 1.82) is 0 Å². The fourth-order valence-electron chi connectivity index (χ4n) is 11.9. The molecule has 0 aromatic carbocycles. The Morgan fingerprint density at radius 2 is 0.656 bits per heavy atom. The van der Waals surface area contributed by atoms with Crippen LogP contribution in [0.1, 0.15) is 393 Å². The normalized spacial score (nSPS) is 13.8. The third-order valence-electron chi connectivity index (χ3n) is 18.1. The number of rotatable bonds is 74. The van der Waals surface area contributed by atoms with Crippen molar-refractivity contribution in [2.24, 2.45) is 0 Å². The van der Waals surface area contributed by atoms with Gasteiger partial charge in [-0.05, 0) is 102 Å². The topological polar surface area (TPSA) is 114 Å². The van der Waals surface area contributed by atoms with E-state index in [1.807, 2.05) is 33.3 Å². The molecule has 0 spiro atoms. The molecule has 0 radical (unpaired) electrons. The fourth-order valence-corrected chi connectivity index (χ4v) is 12.6. The van der Waals surface area contributed by atoms with E-state index in [0.717, 1.165) is 77.0 Å². The number of ether oxygens (including phenoxy) is 1. The summed E-state index contributed by atoms with van der Waals surface area (Å²) in [5, 5.41) is 3.06. The van der Waals surface area contributed by atoms with Gasteiger partial charge in [-0.3, -0.25) is 14.2 Å². The van der Waals surface area contributed by atoms with Gasteiger partial charge in [-0.1, -0.05) is 351 Å². The van der Waals surface area contributed by atoms with Gasteiger partial charge in [0, 0.05) is 12.8 Å². The molecule has 0 aliphatic rings. The largest absolute Gasteiger partial charge is 0.756 e. The number of nitrogens with zero attached hydrogens (tertiary/aromatic N) is 1. The van der Waals surface area contributed by atoms with Crippen LogP contribution in [0.2, 0.25) is 0 Å². The molecule has 0 aliphatic carbocycles. The highest BCUT2D eigenvalue weighted by molar-refractivity contribution is 7.45. The quantitative estimate of drug-likeness (QED) is 0.0212. The summed E-state index contributed by atoms with van der Waals surface area (Å²) < 4.78 is 30.6. The van der Waals surface area contributed by atoms with Gasteiger partial charge in [-0.15, -0.1) is 0 Å². The Morgan fingerprint density at radius 1 is 0.376 bits per heavy atom. The first-order valence-electron chi connectivity index (χ1n) is 40.2. The minimum absolute atomic E-state index is 0.0226. The van der Waals surface area contributed by atoms with E-state index in [1.54, 1.807) is 0 Å². The van der Waals surface area contributed by atoms with Gasteiger partial charge >= 0.3 is 5.97 Å². The molecule has 0 saturated heterocycles. The average molecular weight is 1320 g/mol. The maximum Gasteiger partial charge on any atom is 0.306 e. The number of nitrogens with one attached hydrogen (secondary N) is 1. The van der Waals surface area contributed by atoms with Crippen molar-refractivity contribution in [3.8, 4) is 0 Å². The molecule has 9 nitrogen and oxygen atoms in total. The summed E-state index contributed by atoms with van der Waals surface area (Å²) >= 11 is 0. The second kappa shape index (κ2) is 72.2. The lowest BCUT2D eigenvalue weighted by Gasteiger charge is -2.30. The number of likely N-dealkylation sites (N-methyl/N-ethyl adjacent to an activating group) is 1. The number of hydrogen-bond acceptors (Lipinski definition) is 7. The number of hydrogen-bond donors (Lipinski definition) is 1. The first kappa shape index (κ1) is 90.5. The Bertz CT molecular complexity index is 1820. The van der Waals surface area contributed by atoms with Gasteiger partial charge in [-0.25, -0.2) is 0 Å². The minimum Gasteiger partial charge on any atom is -0.756 e. The summed E-state index contributed by atoms with van der Waals surface area (Å²) in [5.74, 6) is -0.527. The standard InChI is InChI=1S/C83H155N2O7P/c1-7-10-13-16-19-22-25-28-30-32-34-36-38-40-42-44-46-48-50-52-54-57-60-63-66-69-72-75-82(86)84-80(79-91-93(88,89)90-78-77-85(4,5)6)81(74-71-68-65-62-59-56-27-24-21-18-15-12-9-3)92-83(87)76-73-70-67-64-61-58-55-53-51-49-47-45-43-41-39-37-35-33-31-29-26-23-20-17-14-11-8-2/h20,23,28-31,35,37,41,43,71,74,80-81H,7-19,21-22,24-27,32-34,36,38-40,42,44-70,72-73,75-79H2,1-6H3,(H-,84,86,88,89)/b23-20-,30-28+,31-29-,37-35-,43-41-,74-71+. The number of esters is 1. The van der Waals surface area contributed by atoms with Crippen LogP contribution in [0.15, 0.2) is 72.9 Å². The molecule has 0 aliphatic heterocycles. The summed E-state index contributed by atoms with van der Waals surface area (Å²) in [7, 11) is 1.20. The van der Waals surface area contributed by atoms with Crippen LogP contribution >= 0.6 is 7.82 Å². The molecule has 0 heterocycles. The third-order valence-corrected chi connectivity index (χ3v) is 19.1. The highest BCUT2D eigenvalue weighted by Crippen LogP contribution is 2.38. The molecule has 0 saturated carbocycles. The van der Waals surface area contributed by atoms with Crippen LogP contribution in [0.3, 0.4) is 0 Å². The van der Waals surface area contributed by atoms with Crippen molar-refractivity contribution < 1.29 is 37.3 Å². The van der Waals surface area contributed by atoms with Crippen molar-refractivity contribution >= 4 is 19.7 Å². The molecule has 3 unspecified atom stereocenters. The molecule has 1 amide bonds. The van der Waals surface area contributed by atoms with Crippen LogP contribution in [0.25, 0.3) is 0 Å². The SMILES string of the molecule is CCCCC/C=C\C/C=C\C/C=C\C/C=C\CCCCCCCCCCCCCC(=O)OC(/C=C/CCCCCCCCCCCCC)C(COP(=O)([O-])OCC[N+](C)(C)C)NC(=O)CCCCCCCCCCCCCCCCCCC/C=C/CCCCCCCC. The maximum atomic E-state index is 13.7. The first-order chi connectivity index (χ1) is 45.4. The van der Waals surface area contributed by atoms with E-state index in [0.29, 0.717) is 17.4 Å². The van der Waals surface area contributed by atoms with Crippen molar-refractivity contribution in [3.05, 3.63) is 72.9 Å². The zero-order valence-electron chi connectivity index (χ0n) is 62.5. The number of phosphoric ester groups is 1. The molecular weight excluding hydrogens is 1170 g/mol. The number of phosphoric acid groups is 1. The van der Waals surface area contributed by atoms with Crippen LogP contribution in [0.5, 0.6) is 0 Å². The van der Waals surface area contributed by atoms with E-state index in [4.69, 9.17) is 13.8 Å². The van der Waals surface area contributed by atoms with Gasteiger partial charge in [0.15, 0.2) is 0 Å². The summed E-state index contributed by atoms with van der Waals surface area (Å²) in [4.78, 5) is 40.4. The first-order valence-corrected chi connectivity index (χ1v) is 41.7.